The Labute approximate surface area is 151 Å². The Morgan fingerprint density at radius 1 is 1.00 bits per heavy atom. The van der Waals surface area contributed by atoms with Crippen LogP contribution in [0.5, 0.6) is 28.7 Å². The van der Waals surface area contributed by atoms with E-state index in [1.807, 2.05) is 0 Å². The largest absolute Gasteiger partial charge is 0.507 e. The number of phenolic OH excluding ortho intramolecular Hbond substituents is 3. The number of rotatable bonds is 4. The van der Waals surface area contributed by atoms with Crippen LogP contribution in [0.15, 0.2) is 39.5 Å². The summed E-state index contributed by atoms with van der Waals surface area (Å²) in [6.07, 6.45) is 0. The van der Waals surface area contributed by atoms with E-state index in [0.717, 1.165) is 18.2 Å². The molecule has 0 radical (unpaired) electrons. The van der Waals surface area contributed by atoms with Crippen LogP contribution in [0.2, 0.25) is 0 Å². The molecule has 2 aromatic carbocycles. The Morgan fingerprint density at radius 2 is 1.70 bits per heavy atom. The topological polar surface area (TPSA) is 164 Å². The van der Waals surface area contributed by atoms with Crippen molar-refractivity contribution >= 4 is 21.4 Å². The molecule has 11 heteroatoms. The molecule has 0 spiro atoms. The summed E-state index contributed by atoms with van der Waals surface area (Å²) >= 11 is 0. The number of methoxy groups -OCH3 is 1. The summed E-state index contributed by atoms with van der Waals surface area (Å²) in [6, 6.07) is 5.61. The quantitative estimate of drug-likeness (QED) is 0.377. The summed E-state index contributed by atoms with van der Waals surface area (Å²) in [5.74, 6) is -2.91. The van der Waals surface area contributed by atoms with Crippen molar-refractivity contribution in [3.8, 4) is 40.1 Å². The van der Waals surface area contributed by atoms with Gasteiger partial charge in [-0.15, -0.1) is 0 Å². The Bertz CT molecular complexity index is 1210. The van der Waals surface area contributed by atoms with Crippen molar-refractivity contribution in [1.82, 2.24) is 0 Å². The van der Waals surface area contributed by atoms with E-state index in [9.17, 15) is 28.5 Å². The van der Waals surface area contributed by atoms with E-state index in [0.29, 0.717) is 0 Å². The molecule has 0 unspecified atom stereocenters. The van der Waals surface area contributed by atoms with E-state index in [1.165, 1.54) is 19.2 Å². The van der Waals surface area contributed by atoms with Gasteiger partial charge in [0.2, 0.25) is 11.2 Å². The first-order valence-corrected chi connectivity index (χ1v) is 8.54. The van der Waals surface area contributed by atoms with Crippen molar-refractivity contribution in [1.29, 1.82) is 0 Å². The van der Waals surface area contributed by atoms with Gasteiger partial charge in [-0.05, 0) is 18.2 Å². The van der Waals surface area contributed by atoms with Crippen LogP contribution in [0.4, 0.5) is 0 Å². The second kappa shape index (κ2) is 6.37. The van der Waals surface area contributed by atoms with Crippen LogP contribution in [0.25, 0.3) is 22.3 Å². The number of benzene rings is 2. The van der Waals surface area contributed by atoms with Gasteiger partial charge in [0, 0.05) is 17.7 Å². The van der Waals surface area contributed by atoms with Gasteiger partial charge in [-0.3, -0.25) is 9.35 Å². The molecule has 3 rings (SSSR count). The van der Waals surface area contributed by atoms with Gasteiger partial charge in [0.05, 0.1) is 7.11 Å². The third-order valence-electron chi connectivity index (χ3n) is 3.57. The molecule has 142 valence electrons. The lowest BCUT2D eigenvalue weighted by atomic mass is 10.1. The highest BCUT2D eigenvalue weighted by Gasteiger charge is 2.25. The molecule has 0 saturated carbocycles. The van der Waals surface area contributed by atoms with Crippen LogP contribution in [0.1, 0.15) is 0 Å². The van der Waals surface area contributed by atoms with Crippen molar-refractivity contribution in [2.75, 3.05) is 7.11 Å². The fourth-order valence-corrected chi connectivity index (χ4v) is 2.77. The van der Waals surface area contributed by atoms with Gasteiger partial charge in [-0.1, -0.05) is 0 Å². The average molecular weight is 396 g/mol. The first-order valence-electron chi connectivity index (χ1n) is 7.17. The zero-order valence-corrected chi connectivity index (χ0v) is 14.3. The number of hydrogen-bond acceptors (Lipinski definition) is 9. The maximum absolute atomic E-state index is 12.7. The standard InChI is InChI=1S/C16H12O10S/c1-24-8-5-11(19)13-12(6-8)25-15(7-2-3-9(17)10(18)4-7)16(14(13)20)26-27(21,22)23/h2-6,17-19H,1H3,(H,21,22,23). The molecular formula is C16H12O10S. The molecular weight excluding hydrogens is 384 g/mol. The molecule has 0 aliphatic heterocycles. The Balaban J connectivity index is 2.43. The first-order chi connectivity index (χ1) is 12.6. The normalized spacial score (nSPS) is 11.5. The second-order valence-corrected chi connectivity index (χ2v) is 6.35. The summed E-state index contributed by atoms with van der Waals surface area (Å²) in [5, 5.41) is 28.7. The zero-order chi connectivity index (χ0) is 19.9. The van der Waals surface area contributed by atoms with Crippen LogP contribution < -0.4 is 14.3 Å². The lowest BCUT2D eigenvalue weighted by Gasteiger charge is -2.11. The van der Waals surface area contributed by atoms with Crippen molar-refractivity contribution in [3.05, 3.63) is 40.6 Å². The first kappa shape index (κ1) is 18.4. The lowest BCUT2D eigenvalue weighted by Crippen LogP contribution is -2.15. The Morgan fingerprint density at radius 3 is 2.30 bits per heavy atom. The van der Waals surface area contributed by atoms with Gasteiger partial charge in [0.25, 0.3) is 0 Å². The van der Waals surface area contributed by atoms with Gasteiger partial charge in [-0.2, -0.15) is 8.42 Å². The molecule has 3 aromatic rings. The second-order valence-electron chi connectivity index (χ2n) is 5.32. The monoisotopic (exact) mass is 396 g/mol. The predicted octanol–water partition coefficient (Wildman–Crippen LogP) is 1.77. The molecule has 4 N–H and O–H groups in total. The van der Waals surface area contributed by atoms with E-state index >= 15 is 0 Å². The molecule has 0 aliphatic rings. The summed E-state index contributed by atoms with van der Waals surface area (Å²) in [6.45, 7) is 0. The van der Waals surface area contributed by atoms with Gasteiger partial charge < -0.3 is 28.7 Å². The van der Waals surface area contributed by atoms with E-state index in [-0.39, 0.29) is 16.9 Å². The SMILES string of the molecule is COc1cc(O)c2c(=O)c(OS(=O)(=O)O)c(-c3ccc(O)c(O)c3)oc2c1. The van der Waals surface area contributed by atoms with Crippen LogP contribution in [0, 0.1) is 0 Å². The summed E-state index contributed by atoms with van der Waals surface area (Å²) < 4.78 is 46.1. The van der Waals surface area contributed by atoms with Gasteiger partial charge in [0.1, 0.15) is 22.5 Å². The highest BCUT2D eigenvalue weighted by atomic mass is 32.3. The van der Waals surface area contributed by atoms with Gasteiger partial charge in [-0.25, -0.2) is 0 Å². The number of phenols is 3. The van der Waals surface area contributed by atoms with Gasteiger partial charge >= 0.3 is 10.4 Å². The van der Waals surface area contributed by atoms with Crippen LogP contribution in [-0.4, -0.2) is 35.4 Å². The van der Waals surface area contributed by atoms with Gasteiger partial charge in [0.15, 0.2) is 17.3 Å². The number of ether oxygens (including phenoxy) is 1. The van der Waals surface area contributed by atoms with Crippen molar-refractivity contribution in [2.24, 2.45) is 0 Å². The molecule has 10 nitrogen and oxygen atoms in total. The maximum atomic E-state index is 12.7. The molecule has 1 aromatic heterocycles. The molecule has 27 heavy (non-hydrogen) atoms. The van der Waals surface area contributed by atoms with Crippen LogP contribution in [-0.2, 0) is 10.4 Å². The van der Waals surface area contributed by atoms with Crippen molar-refractivity contribution in [3.63, 3.8) is 0 Å². The summed E-state index contributed by atoms with van der Waals surface area (Å²) in [5.41, 5.74) is -1.33. The number of aromatic hydroxyl groups is 3. The van der Waals surface area contributed by atoms with E-state index in [2.05, 4.69) is 4.18 Å². The summed E-state index contributed by atoms with van der Waals surface area (Å²) in [7, 11) is -3.81. The molecule has 0 atom stereocenters. The maximum Gasteiger partial charge on any atom is 0.446 e. The summed E-state index contributed by atoms with van der Waals surface area (Å²) in [4.78, 5) is 12.7. The number of fused-ring (bicyclic) bond motifs is 1. The molecule has 0 aliphatic carbocycles. The van der Waals surface area contributed by atoms with E-state index < -0.39 is 50.0 Å². The molecule has 0 bridgehead atoms. The minimum Gasteiger partial charge on any atom is -0.507 e. The lowest BCUT2D eigenvalue weighted by molar-refractivity contribution is 0.380. The third kappa shape index (κ3) is 3.45. The Hall–Kier alpha value is -3.44. The highest BCUT2D eigenvalue weighted by Crippen LogP contribution is 2.38. The number of hydrogen-bond donors (Lipinski definition) is 4. The molecule has 0 fully saturated rings. The molecule has 0 amide bonds. The van der Waals surface area contributed by atoms with Crippen molar-refractivity contribution in [2.45, 2.75) is 0 Å². The minimum absolute atomic E-state index is 0.0507. The smallest absolute Gasteiger partial charge is 0.446 e. The third-order valence-corrected chi connectivity index (χ3v) is 3.95. The fraction of sp³-hybridized carbons (Fsp3) is 0.0625. The van der Waals surface area contributed by atoms with Crippen molar-refractivity contribution < 1.29 is 41.6 Å². The van der Waals surface area contributed by atoms with E-state index in [1.54, 1.807) is 0 Å². The predicted molar refractivity (Wildman–Crippen MR) is 91.6 cm³/mol. The fourth-order valence-electron chi connectivity index (χ4n) is 2.41. The minimum atomic E-state index is -5.12. The molecule has 1 heterocycles. The molecule has 0 saturated heterocycles. The zero-order valence-electron chi connectivity index (χ0n) is 13.5. The highest BCUT2D eigenvalue weighted by molar-refractivity contribution is 7.81. The average Bonchev–Trinajstić information content (AvgIpc) is 2.58. The van der Waals surface area contributed by atoms with E-state index in [4.69, 9.17) is 13.7 Å². The Kier molecular flexibility index (Phi) is 4.33. The van der Waals surface area contributed by atoms with Crippen LogP contribution >= 0.6 is 0 Å². The van der Waals surface area contributed by atoms with Crippen LogP contribution in [0.3, 0.4) is 0 Å².